The number of ether oxygens (including phenoxy) is 1. The van der Waals surface area contributed by atoms with Crippen LogP contribution in [0, 0.1) is 5.41 Å². The number of hydrogen-bond donors (Lipinski definition) is 1. The van der Waals surface area contributed by atoms with Crippen LogP contribution >= 0.6 is 0 Å². The SMILES string of the molecule is CCOC(=O)c1cnn(C)c1CNC1CCC(C)(C)CC1. The van der Waals surface area contributed by atoms with Gasteiger partial charge in [-0.15, -0.1) is 0 Å². The monoisotopic (exact) mass is 293 g/mol. The molecule has 1 aliphatic carbocycles. The Bertz CT molecular complexity index is 484. The Labute approximate surface area is 127 Å². The van der Waals surface area contributed by atoms with Crippen LogP contribution in [-0.2, 0) is 18.3 Å². The van der Waals surface area contributed by atoms with Gasteiger partial charge in [0.15, 0.2) is 0 Å². The molecule has 1 fully saturated rings. The second-order valence-corrected chi connectivity index (χ2v) is 6.67. The molecule has 1 aliphatic rings. The maximum Gasteiger partial charge on any atom is 0.341 e. The lowest BCUT2D eigenvalue weighted by molar-refractivity contribution is 0.0524. The van der Waals surface area contributed by atoms with Crippen LogP contribution in [-0.4, -0.2) is 28.4 Å². The summed E-state index contributed by atoms with van der Waals surface area (Å²) in [5.74, 6) is -0.285. The number of carbonyl (C=O) groups excluding carboxylic acids is 1. The third kappa shape index (κ3) is 4.06. The van der Waals surface area contributed by atoms with Gasteiger partial charge in [0, 0.05) is 19.6 Å². The largest absolute Gasteiger partial charge is 0.462 e. The van der Waals surface area contributed by atoms with Crippen LogP contribution in [0.5, 0.6) is 0 Å². The van der Waals surface area contributed by atoms with Crippen molar-refractivity contribution in [1.82, 2.24) is 15.1 Å². The Hall–Kier alpha value is -1.36. The number of rotatable bonds is 5. The highest BCUT2D eigenvalue weighted by atomic mass is 16.5. The fraction of sp³-hybridized carbons (Fsp3) is 0.750. The summed E-state index contributed by atoms with van der Waals surface area (Å²) in [5, 5.41) is 7.75. The molecule has 0 unspecified atom stereocenters. The van der Waals surface area contributed by atoms with Gasteiger partial charge in [0.05, 0.1) is 18.5 Å². The maximum absolute atomic E-state index is 11.9. The summed E-state index contributed by atoms with van der Waals surface area (Å²) in [6.07, 6.45) is 6.49. The molecule has 0 amide bonds. The molecule has 118 valence electrons. The van der Waals surface area contributed by atoms with Gasteiger partial charge in [0.1, 0.15) is 5.56 Å². The number of hydrogen-bond acceptors (Lipinski definition) is 4. The Kier molecular flexibility index (Phi) is 5.04. The van der Waals surface area contributed by atoms with Crippen molar-refractivity contribution >= 4 is 5.97 Å². The average molecular weight is 293 g/mol. The van der Waals surface area contributed by atoms with E-state index in [1.165, 1.54) is 25.7 Å². The van der Waals surface area contributed by atoms with Crippen LogP contribution in [0.25, 0.3) is 0 Å². The first-order chi connectivity index (χ1) is 9.93. The second-order valence-electron chi connectivity index (χ2n) is 6.67. The molecular weight excluding hydrogens is 266 g/mol. The van der Waals surface area contributed by atoms with Crippen LogP contribution in [0.3, 0.4) is 0 Å². The Morgan fingerprint density at radius 2 is 2.14 bits per heavy atom. The third-order valence-corrected chi connectivity index (χ3v) is 4.45. The number of carbonyl (C=O) groups is 1. The van der Waals surface area contributed by atoms with Gasteiger partial charge in [-0.25, -0.2) is 4.79 Å². The summed E-state index contributed by atoms with van der Waals surface area (Å²) in [4.78, 5) is 11.9. The summed E-state index contributed by atoms with van der Waals surface area (Å²) in [6.45, 7) is 7.54. The van der Waals surface area contributed by atoms with E-state index in [-0.39, 0.29) is 5.97 Å². The van der Waals surface area contributed by atoms with E-state index in [2.05, 4.69) is 24.3 Å². The van der Waals surface area contributed by atoms with Crippen molar-refractivity contribution in [3.63, 3.8) is 0 Å². The van der Waals surface area contributed by atoms with Gasteiger partial charge in [-0.1, -0.05) is 13.8 Å². The van der Waals surface area contributed by atoms with Crippen molar-refractivity contribution in [2.75, 3.05) is 6.61 Å². The summed E-state index contributed by atoms with van der Waals surface area (Å²) < 4.78 is 6.84. The van der Waals surface area contributed by atoms with Crippen molar-refractivity contribution in [1.29, 1.82) is 0 Å². The molecule has 1 saturated carbocycles. The van der Waals surface area contributed by atoms with Crippen LogP contribution in [0.2, 0.25) is 0 Å². The molecular formula is C16H27N3O2. The number of nitrogens with zero attached hydrogens (tertiary/aromatic N) is 2. The number of esters is 1. The minimum atomic E-state index is -0.285. The lowest BCUT2D eigenvalue weighted by Gasteiger charge is -2.34. The normalized spacial score (nSPS) is 18.7. The van der Waals surface area contributed by atoms with Gasteiger partial charge in [-0.3, -0.25) is 4.68 Å². The van der Waals surface area contributed by atoms with Crippen LogP contribution in [0.4, 0.5) is 0 Å². The number of nitrogens with one attached hydrogen (secondary N) is 1. The molecule has 1 heterocycles. The van der Waals surface area contributed by atoms with Crippen molar-refractivity contribution in [3.05, 3.63) is 17.5 Å². The molecule has 5 heteroatoms. The van der Waals surface area contributed by atoms with Gasteiger partial charge in [-0.05, 0) is 38.0 Å². The summed E-state index contributed by atoms with van der Waals surface area (Å²) >= 11 is 0. The van der Waals surface area contributed by atoms with Crippen molar-refractivity contribution in [2.45, 2.75) is 59.0 Å². The van der Waals surface area contributed by atoms with Gasteiger partial charge in [-0.2, -0.15) is 5.10 Å². The Morgan fingerprint density at radius 3 is 2.76 bits per heavy atom. The lowest BCUT2D eigenvalue weighted by Crippen LogP contribution is -2.35. The zero-order valence-electron chi connectivity index (χ0n) is 13.6. The molecule has 1 aromatic heterocycles. The van der Waals surface area contributed by atoms with Gasteiger partial charge in [0.25, 0.3) is 0 Å². The molecule has 0 aliphatic heterocycles. The predicted octanol–water partition coefficient (Wildman–Crippen LogP) is 2.66. The average Bonchev–Trinajstić information content (AvgIpc) is 2.79. The molecule has 2 rings (SSSR count). The number of aryl methyl sites for hydroxylation is 1. The maximum atomic E-state index is 11.9. The quantitative estimate of drug-likeness (QED) is 0.848. The second kappa shape index (κ2) is 6.60. The fourth-order valence-electron chi connectivity index (χ4n) is 2.90. The highest BCUT2D eigenvalue weighted by molar-refractivity contribution is 5.90. The van der Waals surface area contributed by atoms with Gasteiger partial charge in [0.2, 0.25) is 0 Å². The fourth-order valence-corrected chi connectivity index (χ4v) is 2.90. The Morgan fingerprint density at radius 1 is 1.48 bits per heavy atom. The molecule has 0 saturated heterocycles. The summed E-state index contributed by atoms with van der Waals surface area (Å²) in [6, 6.07) is 0.531. The lowest BCUT2D eigenvalue weighted by atomic mass is 9.75. The topological polar surface area (TPSA) is 56.1 Å². The molecule has 21 heavy (non-hydrogen) atoms. The van der Waals surface area contributed by atoms with Crippen molar-refractivity contribution < 1.29 is 9.53 Å². The van der Waals surface area contributed by atoms with Crippen molar-refractivity contribution in [2.24, 2.45) is 12.5 Å². The first kappa shape index (κ1) is 16.0. The smallest absolute Gasteiger partial charge is 0.341 e. The van der Waals surface area contributed by atoms with Gasteiger partial charge >= 0.3 is 5.97 Å². The molecule has 0 radical (unpaired) electrons. The molecule has 0 bridgehead atoms. The van der Waals surface area contributed by atoms with E-state index in [9.17, 15) is 4.79 Å². The van der Waals surface area contributed by atoms with Gasteiger partial charge < -0.3 is 10.1 Å². The van der Waals surface area contributed by atoms with Crippen molar-refractivity contribution in [3.8, 4) is 0 Å². The van der Waals surface area contributed by atoms with E-state index in [1.54, 1.807) is 10.9 Å². The third-order valence-electron chi connectivity index (χ3n) is 4.45. The molecule has 1 N–H and O–H groups in total. The minimum Gasteiger partial charge on any atom is -0.462 e. The molecule has 0 atom stereocenters. The zero-order chi connectivity index (χ0) is 15.5. The van der Waals surface area contributed by atoms with E-state index in [0.29, 0.717) is 30.2 Å². The first-order valence-electron chi connectivity index (χ1n) is 7.84. The summed E-state index contributed by atoms with van der Waals surface area (Å²) in [5.41, 5.74) is 1.95. The van der Waals surface area contributed by atoms with Crippen LogP contribution in [0.1, 0.15) is 62.5 Å². The van der Waals surface area contributed by atoms with Crippen LogP contribution < -0.4 is 5.32 Å². The highest BCUT2D eigenvalue weighted by Crippen LogP contribution is 2.35. The van der Waals surface area contributed by atoms with E-state index >= 15 is 0 Å². The highest BCUT2D eigenvalue weighted by Gasteiger charge is 2.27. The molecule has 0 aromatic carbocycles. The van der Waals surface area contributed by atoms with E-state index in [1.807, 2.05) is 14.0 Å². The first-order valence-corrected chi connectivity index (χ1v) is 7.84. The van der Waals surface area contributed by atoms with E-state index in [4.69, 9.17) is 4.74 Å². The predicted molar refractivity (Wildman–Crippen MR) is 82.0 cm³/mol. The minimum absolute atomic E-state index is 0.285. The van der Waals surface area contributed by atoms with Crippen LogP contribution in [0.15, 0.2) is 6.20 Å². The molecule has 0 spiro atoms. The zero-order valence-corrected chi connectivity index (χ0v) is 13.6. The molecule has 5 nitrogen and oxygen atoms in total. The Balaban J connectivity index is 1.94. The van der Waals surface area contributed by atoms with E-state index < -0.39 is 0 Å². The standard InChI is InChI=1S/C16H27N3O2/c1-5-21-15(20)13-10-18-19(4)14(13)11-17-12-6-8-16(2,3)9-7-12/h10,12,17H,5-9,11H2,1-4H3. The summed E-state index contributed by atoms with van der Waals surface area (Å²) in [7, 11) is 1.86. The number of aromatic nitrogens is 2. The van der Waals surface area contributed by atoms with E-state index in [0.717, 1.165) is 5.69 Å². The molecule has 1 aromatic rings.